The summed E-state index contributed by atoms with van der Waals surface area (Å²) < 4.78 is 0. The highest BCUT2D eigenvalue weighted by Crippen LogP contribution is 2.21. The van der Waals surface area contributed by atoms with Crippen LogP contribution in [-0.4, -0.2) is 24.7 Å². The fourth-order valence-electron chi connectivity index (χ4n) is 3.68. The fourth-order valence-corrected chi connectivity index (χ4v) is 3.68. The van der Waals surface area contributed by atoms with Gasteiger partial charge in [-0.15, -0.1) is 0 Å². The van der Waals surface area contributed by atoms with Crippen LogP contribution in [0.15, 0.2) is 60.7 Å². The van der Waals surface area contributed by atoms with Crippen LogP contribution in [0.5, 0.6) is 0 Å². The summed E-state index contributed by atoms with van der Waals surface area (Å²) in [4.78, 5) is 26.1. The van der Waals surface area contributed by atoms with E-state index in [0.717, 1.165) is 30.5 Å². The van der Waals surface area contributed by atoms with Crippen molar-refractivity contribution in [1.29, 1.82) is 0 Å². The van der Waals surface area contributed by atoms with Gasteiger partial charge in [0, 0.05) is 18.9 Å². The van der Waals surface area contributed by atoms with Gasteiger partial charge in [-0.05, 0) is 43.4 Å². The molecule has 1 aliphatic heterocycles. The Hall–Kier alpha value is -2.26. The number of nitrogens with one attached hydrogen (secondary N) is 1. The van der Waals surface area contributed by atoms with Crippen LogP contribution in [0.4, 0.5) is 0 Å². The summed E-state index contributed by atoms with van der Waals surface area (Å²) in [6.45, 7) is 1.52. The van der Waals surface area contributed by atoms with Crippen LogP contribution < -0.4 is 5.32 Å². The van der Waals surface area contributed by atoms with Gasteiger partial charge in [0.15, 0.2) is 0 Å². The van der Waals surface area contributed by atoms with Crippen molar-refractivity contribution < 1.29 is 9.59 Å². The fraction of sp³-hybridized carbons (Fsp3) is 0.391. The molecule has 0 aromatic heterocycles. The Morgan fingerprint density at radius 3 is 2.08 bits per heavy atom. The van der Waals surface area contributed by atoms with E-state index in [1.807, 2.05) is 48.5 Å². The Morgan fingerprint density at radius 1 is 0.808 bits per heavy atom. The number of ketones is 2. The smallest absolute Gasteiger partial charge is 0.148 e. The molecule has 0 spiro atoms. The molecule has 1 fully saturated rings. The Labute approximate surface area is 155 Å². The second-order valence-electron chi connectivity index (χ2n) is 7.16. The van der Waals surface area contributed by atoms with E-state index in [-0.39, 0.29) is 17.5 Å². The van der Waals surface area contributed by atoms with Gasteiger partial charge in [-0.1, -0.05) is 60.7 Å². The van der Waals surface area contributed by atoms with Crippen LogP contribution in [0, 0.1) is 11.8 Å². The SMILES string of the molecule is O=C1CCCCNCC(Cc2ccccc2)C(=O)C1Cc1ccccc1. The maximum Gasteiger partial charge on any atom is 0.148 e. The van der Waals surface area contributed by atoms with Gasteiger partial charge in [-0.25, -0.2) is 0 Å². The van der Waals surface area contributed by atoms with E-state index < -0.39 is 5.92 Å². The summed E-state index contributed by atoms with van der Waals surface area (Å²) in [5.41, 5.74) is 2.21. The Morgan fingerprint density at radius 2 is 1.42 bits per heavy atom. The molecule has 136 valence electrons. The standard InChI is InChI=1S/C23H27NO2/c25-22-13-7-8-14-24-17-20(15-18-9-3-1-4-10-18)23(26)21(22)16-19-11-5-2-6-12-19/h1-6,9-12,20-21,24H,7-8,13-17H2. The average Bonchev–Trinajstić information content (AvgIpc) is 2.68. The van der Waals surface area contributed by atoms with Gasteiger partial charge < -0.3 is 5.32 Å². The Bertz CT molecular complexity index is 712. The second kappa shape index (κ2) is 9.44. The number of Topliss-reactive ketones (excluding diaryl/α,β-unsaturated/α-hetero) is 2. The molecule has 3 heteroatoms. The average molecular weight is 349 g/mol. The first-order valence-corrected chi connectivity index (χ1v) is 9.59. The monoisotopic (exact) mass is 349 g/mol. The molecule has 26 heavy (non-hydrogen) atoms. The van der Waals surface area contributed by atoms with Crippen molar-refractivity contribution in [1.82, 2.24) is 5.32 Å². The molecule has 0 saturated carbocycles. The van der Waals surface area contributed by atoms with Crippen LogP contribution in [0.2, 0.25) is 0 Å². The molecule has 2 atom stereocenters. The third-order valence-electron chi connectivity index (χ3n) is 5.16. The number of hydrogen-bond acceptors (Lipinski definition) is 3. The predicted octanol–water partition coefficient (Wildman–Crippen LogP) is 3.62. The molecule has 0 bridgehead atoms. The van der Waals surface area contributed by atoms with Crippen molar-refractivity contribution in [2.75, 3.05) is 13.1 Å². The zero-order chi connectivity index (χ0) is 18.2. The molecular weight excluding hydrogens is 322 g/mol. The van der Waals surface area contributed by atoms with Gasteiger partial charge >= 0.3 is 0 Å². The molecule has 2 unspecified atom stereocenters. The summed E-state index contributed by atoms with van der Waals surface area (Å²) in [6.07, 6.45) is 3.54. The van der Waals surface area contributed by atoms with Gasteiger partial charge in [-0.3, -0.25) is 9.59 Å². The third-order valence-corrected chi connectivity index (χ3v) is 5.16. The lowest BCUT2D eigenvalue weighted by atomic mass is 9.81. The first-order chi connectivity index (χ1) is 12.7. The van der Waals surface area contributed by atoms with Crippen LogP contribution >= 0.6 is 0 Å². The normalized spacial score (nSPS) is 22.2. The van der Waals surface area contributed by atoms with Gasteiger partial charge in [-0.2, -0.15) is 0 Å². The first kappa shape index (κ1) is 18.5. The van der Waals surface area contributed by atoms with Crippen LogP contribution in [-0.2, 0) is 22.4 Å². The van der Waals surface area contributed by atoms with Gasteiger partial charge in [0.05, 0.1) is 5.92 Å². The largest absolute Gasteiger partial charge is 0.316 e. The highest BCUT2D eigenvalue weighted by molar-refractivity contribution is 6.03. The van der Waals surface area contributed by atoms with Crippen molar-refractivity contribution in [3.05, 3.63) is 71.8 Å². The minimum atomic E-state index is -0.522. The quantitative estimate of drug-likeness (QED) is 0.858. The molecule has 3 rings (SSSR count). The molecule has 1 saturated heterocycles. The summed E-state index contributed by atoms with van der Waals surface area (Å²) in [6, 6.07) is 20.0. The van der Waals surface area contributed by atoms with E-state index in [2.05, 4.69) is 17.4 Å². The van der Waals surface area contributed by atoms with E-state index in [4.69, 9.17) is 0 Å². The number of carbonyl (C=O) groups is 2. The third kappa shape index (κ3) is 5.12. The van der Waals surface area contributed by atoms with E-state index in [0.29, 0.717) is 25.8 Å². The topological polar surface area (TPSA) is 46.2 Å². The van der Waals surface area contributed by atoms with Gasteiger partial charge in [0.1, 0.15) is 11.6 Å². The minimum Gasteiger partial charge on any atom is -0.316 e. The van der Waals surface area contributed by atoms with Crippen molar-refractivity contribution in [3.63, 3.8) is 0 Å². The predicted molar refractivity (Wildman–Crippen MR) is 104 cm³/mol. The van der Waals surface area contributed by atoms with Crippen molar-refractivity contribution >= 4 is 11.6 Å². The molecule has 2 aromatic rings. The van der Waals surface area contributed by atoms with Crippen LogP contribution in [0.25, 0.3) is 0 Å². The molecule has 0 radical (unpaired) electrons. The molecule has 1 N–H and O–H groups in total. The van der Waals surface area contributed by atoms with Gasteiger partial charge in [0.2, 0.25) is 0 Å². The zero-order valence-corrected chi connectivity index (χ0v) is 15.2. The number of hydrogen-bond donors (Lipinski definition) is 1. The zero-order valence-electron chi connectivity index (χ0n) is 15.2. The minimum absolute atomic E-state index is 0.0945. The molecule has 0 aliphatic carbocycles. The maximum atomic E-state index is 13.3. The molecule has 2 aromatic carbocycles. The number of benzene rings is 2. The maximum absolute atomic E-state index is 13.3. The molecule has 1 aliphatic rings. The second-order valence-corrected chi connectivity index (χ2v) is 7.16. The molecule has 1 heterocycles. The lowest BCUT2D eigenvalue weighted by Gasteiger charge is -2.24. The summed E-state index contributed by atoms with van der Waals surface area (Å²) in [5, 5.41) is 3.42. The summed E-state index contributed by atoms with van der Waals surface area (Å²) >= 11 is 0. The van der Waals surface area contributed by atoms with Crippen molar-refractivity contribution in [2.45, 2.75) is 32.1 Å². The summed E-state index contributed by atoms with van der Waals surface area (Å²) in [5.74, 6) is -0.477. The number of carbonyl (C=O) groups excluding carboxylic acids is 2. The lowest BCUT2D eigenvalue weighted by Crippen LogP contribution is -2.39. The van der Waals surface area contributed by atoms with E-state index in [9.17, 15) is 9.59 Å². The lowest BCUT2D eigenvalue weighted by molar-refractivity contribution is -0.135. The van der Waals surface area contributed by atoms with Crippen LogP contribution in [0.1, 0.15) is 30.4 Å². The highest BCUT2D eigenvalue weighted by atomic mass is 16.2. The highest BCUT2D eigenvalue weighted by Gasteiger charge is 2.32. The molecule has 0 amide bonds. The first-order valence-electron chi connectivity index (χ1n) is 9.59. The van der Waals surface area contributed by atoms with E-state index in [1.165, 1.54) is 0 Å². The Balaban J connectivity index is 1.82. The van der Waals surface area contributed by atoms with Crippen molar-refractivity contribution in [2.24, 2.45) is 11.8 Å². The van der Waals surface area contributed by atoms with Crippen molar-refractivity contribution in [3.8, 4) is 0 Å². The molecule has 3 nitrogen and oxygen atoms in total. The van der Waals surface area contributed by atoms with E-state index >= 15 is 0 Å². The van der Waals surface area contributed by atoms with Gasteiger partial charge in [0.25, 0.3) is 0 Å². The Kier molecular flexibility index (Phi) is 6.73. The molecular formula is C23H27NO2. The van der Waals surface area contributed by atoms with Crippen LogP contribution in [0.3, 0.4) is 0 Å². The number of rotatable bonds is 4. The summed E-state index contributed by atoms with van der Waals surface area (Å²) in [7, 11) is 0. The van der Waals surface area contributed by atoms with E-state index in [1.54, 1.807) is 0 Å².